The van der Waals surface area contributed by atoms with E-state index < -0.39 is 0 Å². The lowest BCUT2D eigenvalue weighted by Gasteiger charge is -2.36. The van der Waals surface area contributed by atoms with E-state index in [4.69, 9.17) is 0 Å². The van der Waals surface area contributed by atoms with E-state index in [2.05, 4.69) is 52.2 Å². The van der Waals surface area contributed by atoms with Gasteiger partial charge in [-0.3, -0.25) is 4.79 Å². The normalized spacial score (nSPS) is 13.9. The molecule has 0 aliphatic heterocycles. The van der Waals surface area contributed by atoms with Crippen molar-refractivity contribution in [3.8, 4) is 0 Å². The molecular formula is C17H28N2O. The van der Waals surface area contributed by atoms with Crippen molar-refractivity contribution < 1.29 is 4.79 Å². The molecule has 20 heavy (non-hydrogen) atoms. The second-order valence-electron chi connectivity index (χ2n) is 7.40. The summed E-state index contributed by atoms with van der Waals surface area (Å²) in [6.07, 6.45) is 0. The van der Waals surface area contributed by atoms with Gasteiger partial charge >= 0.3 is 0 Å². The van der Waals surface area contributed by atoms with Crippen molar-refractivity contribution in [3.63, 3.8) is 0 Å². The second-order valence-corrected chi connectivity index (χ2v) is 7.40. The first kappa shape index (κ1) is 16.7. The minimum Gasteiger partial charge on any atom is -0.351 e. The Hall–Kier alpha value is -1.35. The molecule has 0 heterocycles. The SMILES string of the molecule is CC(C)(C)NC(C(=O)NCc1ccccc1)C(C)(C)C. The molecule has 0 aliphatic carbocycles. The van der Waals surface area contributed by atoms with E-state index in [0.717, 1.165) is 5.56 Å². The van der Waals surface area contributed by atoms with Crippen LogP contribution in [0.15, 0.2) is 30.3 Å². The number of nitrogens with one attached hydrogen (secondary N) is 2. The molecule has 0 saturated carbocycles. The molecule has 1 rings (SSSR count). The third-order valence-corrected chi connectivity index (χ3v) is 3.02. The smallest absolute Gasteiger partial charge is 0.237 e. The molecule has 0 aliphatic rings. The first-order valence-electron chi connectivity index (χ1n) is 7.19. The van der Waals surface area contributed by atoms with E-state index in [-0.39, 0.29) is 22.9 Å². The van der Waals surface area contributed by atoms with Gasteiger partial charge in [-0.2, -0.15) is 0 Å². The zero-order valence-corrected chi connectivity index (χ0v) is 13.6. The summed E-state index contributed by atoms with van der Waals surface area (Å²) in [5.41, 5.74) is 0.889. The second kappa shape index (κ2) is 6.40. The van der Waals surface area contributed by atoms with E-state index >= 15 is 0 Å². The van der Waals surface area contributed by atoms with E-state index in [1.54, 1.807) is 0 Å². The zero-order chi connectivity index (χ0) is 15.4. The zero-order valence-electron chi connectivity index (χ0n) is 13.6. The molecule has 3 heteroatoms. The van der Waals surface area contributed by atoms with Crippen LogP contribution in [0.2, 0.25) is 0 Å². The Bertz CT molecular complexity index is 427. The van der Waals surface area contributed by atoms with Gasteiger partial charge in [0, 0.05) is 12.1 Å². The largest absolute Gasteiger partial charge is 0.351 e. The Kier molecular flexibility index (Phi) is 5.35. The highest BCUT2D eigenvalue weighted by Crippen LogP contribution is 2.21. The molecule has 1 aromatic carbocycles. The van der Waals surface area contributed by atoms with Crippen LogP contribution in [0, 0.1) is 5.41 Å². The summed E-state index contributed by atoms with van der Waals surface area (Å²) >= 11 is 0. The Labute approximate surface area is 123 Å². The number of hydrogen-bond acceptors (Lipinski definition) is 2. The number of carbonyl (C=O) groups excluding carboxylic acids is 1. The molecule has 112 valence electrons. The summed E-state index contributed by atoms with van der Waals surface area (Å²) in [6, 6.07) is 9.76. The number of amides is 1. The highest BCUT2D eigenvalue weighted by atomic mass is 16.2. The maximum atomic E-state index is 12.5. The Morgan fingerprint density at radius 2 is 1.60 bits per heavy atom. The van der Waals surface area contributed by atoms with Crippen LogP contribution in [-0.2, 0) is 11.3 Å². The minimum absolute atomic E-state index is 0.0521. The fourth-order valence-corrected chi connectivity index (χ4v) is 2.00. The molecule has 1 atom stereocenters. The molecule has 0 aromatic heterocycles. The summed E-state index contributed by atoms with van der Waals surface area (Å²) in [5, 5.41) is 6.45. The molecule has 2 N–H and O–H groups in total. The summed E-state index contributed by atoms with van der Waals surface area (Å²) in [5.74, 6) is 0.0521. The number of hydrogen-bond donors (Lipinski definition) is 2. The predicted molar refractivity (Wildman–Crippen MR) is 84.4 cm³/mol. The van der Waals surface area contributed by atoms with Crippen LogP contribution in [0.1, 0.15) is 47.1 Å². The lowest BCUT2D eigenvalue weighted by atomic mass is 9.84. The van der Waals surface area contributed by atoms with Gasteiger partial charge in [0.1, 0.15) is 0 Å². The molecule has 1 amide bonds. The summed E-state index contributed by atoms with van der Waals surface area (Å²) in [4.78, 5) is 12.5. The fraction of sp³-hybridized carbons (Fsp3) is 0.588. The molecule has 0 bridgehead atoms. The van der Waals surface area contributed by atoms with Crippen molar-refractivity contribution in [2.24, 2.45) is 5.41 Å². The van der Waals surface area contributed by atoms with Gasteiger partial charge in [0.2, 0.25) is 5.91 Å². The van der Waals surface area contributed by atoms with Crippen LogP contribution >= 0.6 is 0 Å². The molecule has 0 spiro atoms. The third-order valence-electron chi connectivity index (χ3n) is 3.02. The van der Waals surface area contributed by atoms with Crippen LogP contribution in [0.25, 0.3) is 0 Å². The average Bonchev–Trinajstić information content (AvgIpc) is 2.32. The predicted octanol–water partition coefficient (Wildman–Crippen LogP) is 3.11. The van der Waals surface area contributed by atoms with Crippen LogP contribution < -0.4 is 10.6 Å². The lowest BCUT2D eigenvalue weighted by Crippen LogP contribution is -2.57. The Morgan fingerprint density at radius 3 is 2.05 bits per heavy atom. The Morgan fingerprint density at radius 1 is 1.05 bits per heavy atom. The summed E-state index contributed by atoms with van der Waals surface area (Å²) in [7, 11) is 0. The Balaban J connectivity index is 2.69. The lowest BCUT2D eigenvalue weighted by molar-refractivity contribution is -0.126. The van der Waals surface area contributed by atoms with Crippen molar-refractivity contribution in [1.82, 2.24) is 10.6 Å². The van der Waals surface area contributed by atoms with Gasteiger partial charge in [0.25, 0.3) is 0 Å². The van der Waals surface area contributed by atoms with Gasteiger partial charge in [-0.25, -0.2) is 0 Å². The molecule has 0 fully saturated rings. The molecular weight excluding hydrogens is 248 g/mol. The average molecular weight is 276 g/mol. The number of rotatable bonds is 4. The molecule has 0 radical (unpaired) electrons. The highest BCUT2D eigenvalue weighted by Gasteiger charge is 2.33. The minimum atomic E-state index is -0.216. The van der Waals surface area contributed by atoms with E-state index in [9.17, 15) is 4.79 Å². The topological polar surface area (TPSA) is 41.1 Å². The monoisotopic (exact) mass is 276 g/mol. The van der Waals surface area contributed by atoms with Crippen molar-refractivity contribution in [2.75, 3.05) is 0 Å². The van der Waals surface area contributed by atoms with Crippen molar-refractivity contribution in [3.05, 3.63) is 35.9 Å². The quantitative estimate of drug-likeness (QED) is 0.887. The van der Waals surface area contributed by atoms with Gasteiger partial charge in [0.15, 0.2) is 0 Å². The maximum Gasteiger partial charge on any atom is 0.237 e. The highest BCUT2D eigenvalue weighted by molar-refractivity contribution is 5.82. The first-order chi connectivity index (χ1) is 9.09. The van der Waals surface area contributed by atoms with Crippen LogP contribution in [0.3, 0.4) is 0 Å². The first-order valence-corrected chi connectivity index (χ1v) is 7.19. The molecule has 0 saturated heterocycles. The molecule has 1 unspecified atom stereocenters. The third kappa shape index (κ3) is 5.74. The molecule has 3 nitrogen and oxygen atoms in total. The summed E-state index contributed by atoms with van der Waals surface area (Å²) in [6.45, 7) is 13.1. The van der Waals surface area contributed by atoms with E-state index in [1.165, 1.54) is 0 Å². The van der Waals surface area contributed by atoms with Gasteiger partial charge in [-0.15, -0.1) is 0 Å². The maximum absolute atomic E-state index is 12.5. The van der Waals surface area contributed by atoms with Gasteiger partial charge < -0.3 is 10.6 Å². The van der Waals surface area contributed by atoms with Crippen LogP contribution in [0.4, 0.5) is 0 Å². The number of benzene rings is 1. The van der Waals surface area contributed by atoms with Crippen LogP contribution in [-0.4, -0.2) is 17.5 Å². The standard InChI is InChI=1S/C17H28N2O/c1-16(2,3)14(19-17(4,5)6)15(20)18-12-13-10-8-7-9-11-13/h7-11,14,19H,12H2,1-6H3,(H,18,20). The molecule has 1 aromatic rings. The van der Waals surface area contributed by atoms with Gasteiger partial charge in [-0.1, -0.05) is 51.1 Å². The van der Waals surface area contributed by atoms with Gasteiger partial charge in [-0.05, 0) is 31.7 Å². The van der Waals surface area contributed by atoms with Gasteiger partial charge in [0.05, 0.1) is 6.04 Å². The number of carbonyl (C=O) groups is 1. The van der Waals surface area contributed by atoms with E-state index in [1.807, 2.05) is 30.3 Å². The van der Waals surface area contributed by atoms with Crippen LogP contribution in [0.5, 0.6) is 0 Å². The van der Waals surface area contributed by atoms with Crippen molar-refractivity contribution in [1.29, 1.82) is 0 Å². The van der Waals surface area contributed by atoms with E-state index in [0.29, 0.717) is 6.54 Å². The summed E-state index contributed by atoms with van der Waals surface area (Å²) < 4.78 is 0. The fourth-order valence-electron chi connectivity index (χ4n) is 2.00. The van der Waals surface area contributed by atoms with Crippen molar-refractivity contribution in [2.45, 2.75) is 59.7 Å². The van der Waals surface area contributed by atoms with Crippen molar-refractivity contribution >= 4 is 5.91 Å².